The van der Waals surface area contributed by atoms with Gasteiger partial charge in [-0.2, -0.15) is 5.10 Å². The fraction of sp³-hybridized carbons (Fsp3) is 0.348. The SMILES string of the molecule is CCN(CC)c1ccc(C=NNC(=O)CCC(=O)Nc2ccc(OC)cc2)c(OC)c1. The van der Waals surface area contributed by atoms with E-state index >= 15 is 0 Å². The number of amides is 2. The van der Waals surface area contributed by atoms with Crippen LogP contribution in [0.3, 0.4) is 0 Å². The zero-order valence-electron chi connectivity index (χ0n) is 18.5. The van der Waals surface area contributed by atoms with Crippen LogP contribution in [0.2, 0.25) is 0 Å². The van der Waals surface area contributed by atoms with Gasteiger partial charge in [-0.05, 0) is 50.2 Å². The molecule has 2 amide bonds. The molecule has 0 radical (unpaired) electrons. The fourth-order valence-electron chi connectivity index (χ4n) is 2.95. The van der Waals surface area contributed by atoms with Gasteiger partial charge < -0.3 is 19.7 Å². The molecule has 31 heavy (non-hydrogen) atoms. The molecule has 8 nitrogen and oxygen atoms in total. The van der Waals surface area contributed by atoms with E-state index in [4.69, 9.17) is 9.47 Å². The first-order valence-electron chi connectivity index (χ1n) is 10.2. The number of benzene rings is 2. The number of hydrazone groups is 1. The summed E-state index contributed by atoms with van der Waals surface area (Å²) in [5.74, 6) is 0.772. The Hall–Kier alpha value is -3.55. The van der Waals surface area contributed by atoms with E-state index in [2.05, 4.69) is 34.6 Å². The van der Waals surface area contributed by atoms with Crippen molar-refractivity contribution in [3.63, 3.8) is 0 Å². The quantitative estimate of drug-likeness (QED) is 0.424. The Labute approximate surface area is 183 Å². The van der Waals surface area contributed by atoms with E-state index in [0.717, 1.165) is 24.3 Å². The molecule has 0 bridgehead atoms. The number of nitrogens with zero attached hydrogens (tertiary/aromatic N) is 2. The Morgan fingerprint density at radius 2 is 1.65 bits per heavy atom. The highest BCUT2D eigenvalue weighted by Crippen LogP contribution is 2.24. The van der Waals surface area contributed by atoms with E-state index in [1.165, 1.54) is 6.21 Å². The van der Waals surface area contributed by atoms with Crippen LogP contribution in [0.25, 0.3) is 0 Å². The van der Waals surface area contributed by atoms with Gasteiger partial charge in [0.1, 0.15) is 11.5 Å². The van der Waals surface area contributed by atoms with Crippen molar-refractivity contribution >= 4 is 29.4 Å². The number of nitrogens with one attached hydrogen (secondary N) is 2. The second kappa shape index (κ2) is 12.2. The molecule has 0 spiro atoms. The highest BCUT2D eigenvalue weighted by Gasteiger charge is 2.09. The van der Waals surface area contributed by atoms with Gasteiger partial charge in [0.05, 0.1) is 20.4 Å². The molecule has 0 saturated carbocycles. The minimum atomic E-state index is -0.347. The van der Waals surface area contributed by atoms with Crippen LogP contribution >= 0.6 is 0 Å². The summed E-state index contributed by atoms with van der Waals surface area (Å²) in [6.45, 7) is 5.99. The third-order valence-electron chi connectivity index (χ3n) is 4.69. The van der Waals surface area contributed by atoms with Gasteiger partial charge in [-0.3, -0.25) is 9.59 Å². The average molecular weight is 427 g/mol. The standard InChI is InChI=1S/C23H30N4O4/c1-5-27(6-2)19-10-7-17(21(15-19)31-4)16-24-26-23(29)14-13-22(28)25-18-8-11-20(30-3)12-9-18/h7-12,15-16H,5-6,13-14H2,1-4H3,(H,25,28)(H,26,29). The van der Waals surface area contributed by atoms with Crippen LogP contribution in [0, 0.1) is 0 Å². The Morgan fingerprint density at radius 1 is 0.968 bits per heavy atom. The second-order valence-electron chi connectivity index (χ2n) is 6.67. The van der Waals surface area contributed by atoms with E-state index in [-0.39, 0.29) is 24.7 Å². The number of anilines is 2. The lowest BCUT2D eigenvalue weighted by molar-refractivity contribution is -0.124. The summed E-state index contributed by atoms with van der Waals surface area (Å²) >= 11 is 0. The maximum absolute atomic E-state index is 12.0. The van der Waals surface area contributed by atoms with Gasteiger partial charge in [0.25, 0.3) is 0 Å². The summed E-state index contributed by atoms with van der Waals surface area (Å²) in [6, 6.07) is 12.8. The molecular formula is C23H30N4O4. The zero-order valence-corrected chi connectivity index (χ0v) is 18.5. The van der Waals surface area contributed by atoms with Crippen LogP contribution in [0.1, 0.15) is 32.3 Å². The third-order valence-corrected chi connectivity index (χ3v) is 4.69. The van der Waals surface area contributed by atoms with Crippen molar-refractivity contribution in [3.05, 3.63) is 48.0 Å². The van der Waals surface area contributed by atoms with E-state index in [0.29, 0.717) is 17.2 Å². The van der Waals surface area contributed by atoms with E-state index in [1.54, 1.807) is 38.5 Å². The first-order valence-corrected chi connectivity index (χ1v) is 10.2. The maximum Gasteiger partial charge on any atom is 0.240 e. The molecular weight excluding hydrogens is 396 g/mol. The summed E-state index contributed by atoms with van der Waals surface area (Å²) in [7, 11) is 3.17. The summed E-state index contributed by atoms with van der Waals surface area (Å²) in [5.41, 5.74) is 4.89. The number of methoxy groups -OCH3 is 2. The maximum atomic E-state index is 12.0. The molecule has 0 heterocycles. The molecule has 0 aliphatic rings. The van der Waals surface area contributed by atoms with Crippen LogP contribution in [-0.4, -0.2) is 45.3 Å². The largest absolute Gasteiger partial charge is 0.497 e. The van der Waals surface area contributed by atoms with Crippen molar-refractivity contribution in [2.75, 3.05) is 37.5 Å². The lowest BCUT2D eigenvalue weighted by Crippen LogP contribution is -2.22. The smallest absolute Gasteiger partial charge is 0.240 e. The molecule has 2 rings (SSSR count). The van der Waals surface area contributed by atoms with Crippen LogP contribution < -0.4 is 25.1 Å². The number of ether oxygens (including phenoxy) is 2. The third kappa shape index (κ3) is 7.33. The summed E-state index contributed by atoms with van der Waals surface area (Å²) in [4.78, 5) is 26.2. The number of carbonyl (C=O) groups is 2. The minimum absolute atomic E-state index is 0.0252. The lowest BCUT2D eigenvalue weighted by Gasteiger charge is -2.21. The Kier molecular flexibility index (Phi) is 9.35. The number of rotatable bonds is 11. The number of hydrogen-bond donors (Lipinski definition) is 2. The average Bonchev–Trinajstić information content (AvgIpc) is 2.79. The predicted molar refractivity (Wildman–Crippen MR) is 123 cm³/mol. The lowest BCUT2D eigenvalue weighted by atomic mass is 10.2. The first kappa shape index (κ1) is 23.7. The van der Waals surface area contributed by atoms with E-state index in [1.807, 2.05) is 18.2 Å². The number of carbonyl (C=O) groups excluding carboxylic acids is 2. The topological polar surface area (TPSA) is 92.3 Å². The molecule has 0 aliphatic carbocycles. The van der Waals surface area contributed by atoms with Crippen molar-refractivity contribution in [1.29, 1.82) is 0 Å². The molecule has 166 valence electrons. The van der Waals surface area contributed by atoms with Gasteiger partial charge in [0.2, 0.25) is 11.8 Å². The first-order chi connectivity index (χ1) is 15.0. The molecule has 0 aromatic heterocycles. The number of hydrogen-bond acceptors (Lipinski definition) is 6. The van der Waals surface area contributed by atoms with Crippen molar-refractivity contribution in [2.24, 2.45) is 5.10 Å². The fourth-order valence-corrected chi connectivity index (χ4v) is 2.95. The molecule has 0 fully saturated rings. The minimum Gasteiger partial charge on any atom is -0.497 e. The molecule has 2 aromatic carbocycles. The van der Waals surface area contributed by atoms with Crippen molar-refractivity contribution in [3.8, 4) is 11.5 Å². The van der Waals surface area contributed by atoms with Crippen molar-refractivity contribution in [1.82, 2.24) is 5.43 Å². The van der Waals surface area contributed by atoms with Gasteiger partial charge >= 0.3 is 0 Å². The van der Waals surface area contributed by atoms with Crippen LogP contribution in [0.5, 0.6) is 11.5 Å². The highest BCUT2D eigenvalue weighted by atomic mass is 16.5. The highest BCUT2D eigenvalue weighted by molar-refractivity contribution is 5.93. The van der Waals surface area contributed by atoms with Gasteiger partial charge in [-0.1, -0.05) is 0 Å². The van der Waals surface area contributed by atoms with Crippen LogP contribution in [0.15, 0.2) is 47.6 Å². The van der Waals surface area contributed by atoms with Gasteiger partial charge in [-0.25, -0.2) is 5.43 Å². The summed E-state index contributed by atoms with van der Waals surface area (Å²) in [6.07, 6.45) is 1.60. The van der Waals surface area contributed by atoms with Crippen molar-refractivity contribution in [2.45, 2.75) is 26.7 Å². The van der Waals surface area contributed by atoms with E-state index < -0.39 is 0 Å². The second-order valence-corrected chi connectivity index (χ2v) is 6.67. The molecule has 8 heteroatoms. The molecule has 0 saturated heterocycles. The van der Waals surface area contributed by atoms with Gasteiger partial charge in [-0.15, -0.1) is 0 Å². The van der Waals surface area contributed by atoms with Gasteiger partial charge in [0, 0.05) is 48.9 Å². The molecule has 2 aromatic rings. The molecule has 0 unspecified atom stereocenters. The van der Waals surface area contributed by atoms with Crippen LogP contribution in [-0.2, 0) is 9.59 Å². The molecule has 0 aliphatic heterocycles. The summed E-state index contributed by atoms with van der Waals surface area (Å²) in [5, 5.41) is 6.72. The Bertz CT molecular complexity index is 893. The van der Waals surface area contributed by atoms with Crippen LogP contribution in [0.4, 0.5) is 11.4 Å². The van der Waals surface area contributed by atoms with E-state index in [9.17, 15) is 9.59 Å². The Balaban J connectivity index is 1.84. The summed E-state index contributed by atoms with van der Waals surface area (Å²) < 4.78 is 10.5. The molecule has 0 atom stereocenters. The van der Waals surface area contributed by atoms with Crippen molar-refractivity contribution < 1.29 is 19.1 Å². The zero-order chi connectivity index (χ0) is 22.6. The molecule has 2 N–H and O–H groups in total. The monoisotopic (exact) mass is 426 g/mol. The predicted octanol–water partition coefficient (Wildman–Crippen LogP) is 3.42. The normalized spacial score (nSPS) is 10.6. The van der Waals surface area contributed by atoms with Gasteiger partial charge in [0.15, 0.2) is 0 Å². The Morgan fingerprint density at radius 3 is 2.26 bits per heavy atom.